The minimum atomic E-state index is -0.527. The average molecular weight is 339 g/mol. The molecule has 4 nitrogen and oxygen atoms in total. The number of para-hydroxylation sites is 1. The summed E-state index contributed by atoms with van der Waals surface area (Å²) in [5, 5.41) is 11.0. The molecule has 2 aromatic rings. The van der Waals surface area contributed by atoms with E-state index in [4.69, 9.17) is 5.73 Å². The molecule has 0 radical (unpaired) electrons. The van der Waals surface area contributed by atoms with Crippen LogP contribution in [0.15, 0.2) is 46.9 Å². The van der Waals surface area contributed by atoms with Crippen molar-refractivity contribution >= 4 is 21.6 Å². The third-order valence-corrected chi connectivity index (χ3v) is 3.71. The van der Waals surface area contributed by atoms with Crippen LogP contribution in [0.25, 0.3) is 0 Å². The Morgan fingerprint density at radius 3 is 2.70 bits per heavy atom. The number of nitro benzene ring substituents is 1. The lowest BCUT2D eigenvalue weighted by molar-refractivity contribution is -0.385. The van der Waals surface area contributed by atoms with Crippen molar-refractivity contribution in [2.45, 2.75) is 12.5 Å². The lowest BCUT2D eigenvalue weighted by Crippen LogP contribution is -2.15. The first kappa shape index (κ1) is 14.6. The lowest BCUT2D eigenvalue weighted by Gasteiger charge is -2.14. The van der Waals surface area contributed by atoms with Crippen molar-refractivity contribution in [3.8, 4) is 0 Å². The Kier molecular flexibility index (Phi) is 4.46. The molecule has 2 rings (SSSR count). The predicted octanol–water partition coefficient (Wildman–Crippen LogP) is 3.74. The minimum Gasteiger partial charge on any atom is -0.324 e. The molecule has 0 spiro atoms. The molecule has 1 unspecified atom stereocenters. The number of nitro groups is 1. The summed E-state index contributed by atoms with van der Waals surface area (Å²) in [5.41, 5.74) is 7.19. The Hall–Kier alpha value is -1.79. The Balaban J connectivity index is 2.30. The van der Waals surface area contributed by atoms with Gasteiger partial charge in [0, 0.05) is 22.1 Å². The smallest absolute Gasteiger partial charge is 0.272 e. The second-order valence-electron chi connectivity index (χ2n) is 4.36. The summed E-state index contributed by atoms with van der Waals surface area (Å²) in [6.07, 6.45) is 0.263. The molecule has 6 heteroatoms. The van der Waals surface area contributed by atoms with Gasteiger partial charge in [-0.1, -0.05) is 34.1 Å². The molecule has 0 aromatic heterocycles. The molecular formula is C14H12BrFN2O2. The highest BCUT2D eigenvalue weighted by atomic mass is 79.9. The molecule has 2 aromatic carbocycles. The van der Waals surface area contributed by atoms with Crippen molar-refractivity contribution in [3.63, 3.8) is 0 Å². The van der Waals surface area contributed by atoms with Crippen LogP contribution >= 0.6 is 15.9 Å². The van der Waals surface area contributed by atoms with Gasteiger partial charge in [-0.3, -0.25) is 10.1 Å². The van der Waals surface area contributed by atoms with Gasteiger partial charge in [0.25, 0.3) is 5.69 Å². The highest BCUT2D eigenvalue weighted by Crippen LogP contribution is 2.28. The van der Waals surface area contributed by atoms with Gasteiger partial charge >= 0.3 is 0 Å². The standard InChI is InChI=1S/C14H12BrFN2O2/c15-12-6-5-10(16)8-11(12)13(17)7-9-3-1-2-4-14(9)18(19)20/h1-6,8,13H,7,17H2. The van der Waals surface area contributed by atoms with Gasteiger partial charge in [-0.05, 0) is 30.2 Å². The van der Waals surface area contributed by atoms with Crippen LogP contribution in [0.5, 0.6) is 0 Å². The van der Waals surface area contributed by atoms with Gasteiger partial charge in [0.05, 0.1) is 4.92 Å². The van der Waals surface area contributed by atoms with Gasteiger partial charge in [-0.15, -0.1) is 0 Å². The summed E-state index contributed by atoms with van der Waals surface area (Å²) in [7, 11) is 0. The largest absolute Gasteiger partial charge is 0.324 e. The number of nitrogens with two attached hydrogens (primary N) is 1. The minimum absolute atomic E-state index is 0.0236. The van der Waals surface area contributed by atoms with Crippen molar-refractivity contribution in [3.05, 3.63) is 74.0 Å². The van der Waals surface area contributed by atoms with E-state index in [0.717, 1.165) is 0 Å². The average Bonchev–Trinajstić information content (AvgIpc) is 2.41. The highest BCUT2D eigenvalue weighted by Gasteiger charge is 2.18. The maximum absolute atomic E-state index is 13.3. The van der Waals surface area contributed by atoms with Crippen molar-refractivity contribution in [1.29, 1.82) is 0 Å². The lowest BCUT2D eigenvalue weighted by atomic mass is 9.98. The fraction of sp³-hybridized carbons (Fsp3) is 0.143. The monoisotopic (exact) mass is 338 g/mol. The number of halogens is 2. The highest BCUT2D eigenvalue weighted by molar-refractivity contribution is 9.10. The van der Waals surface area contributed by atoms with E-state index >= 15 is 0 Å². The van der Waals surface area contributed by atoms with E-state index in [1.54, 1.807) is 24.3 Å². The van der Waals surface area contributed by atoms with Crippen molar-refractivity contribution in [2.75, 3.05) is 0 Å². The van der Waals surface area contributed by atoms with Crippen molar-refractivity contribution in [1.82, 2.24) is 0 Å². The molecule has 0 saturated carbocycles. The number of nitrogens with zero attached hydrogens (tertiary/aromatic N) is 1. The Bertz CT molecular complexity index is 649. The van der Waals surface area contributed by atoms with Crippen LogP contribution in [0.3, 0.4) is 0 Å². The molecule has 0 heterocycles. The van der Waals surface area contributed by atoms with Gasteiger partial charge < -0.3 is 5.73 Å². The normalized spacial score (nSPS) is 12.2. The zero-order valence-corrected chi connectivity index (χ0v) is 12.0. The fourth-order valence-corrected chi connectivity index (χ4v) is 2.55. The molecule has 0 saturated heterocycles. The van der Waals surface area contributed by atoms with Crippen molar-refractivity contribution in [2.24, 2.45) is 5.73 Å². The van der Waals surface area contributed by atoms with E-state index in [2.05, 4.69) is 15.9 Å². The van der Waals surface area contributed by atoms with Gasteiger partial charge in [-0.2, -0.15) is 0 Å². The number of hydrogen-bond donors (Lipinski definition) is 1. The van der Waals surface area contributed by atoms with Gasteiger partial charge in [0.2, 0.25) is 0 Å². The first-order chi connectivity index (χ1) is 9.49. The molecular weight excluding hydrogens is 327 g/mol. The maximum Gasteiger partial charge on any atom is 0.272 e. The molecule has 0 aliphatic heterocycles. The molecule has 20 heavy (non-hydrogen) atoms. The van der Waals surface area contributed by atoms with Gasteiger partial charge in [0.1, 0.15) is 5.82 Å². The van der Waals surface area contributed by atoms with Crippen LogP contribution in [-0.4, -0.2) is 4.92 Å². The van der Waals surface area contributed by atoms with Crippen LogP contribution in [0.4, 0.5) is 10.1 Å². The van der Waals surface area contributed by atoms with Gasteiger partial charge in [-0.25, -0.2) is 4.39 Å². The number of benzene rings is 2. The van der Waals surface area contributed by atoms with Crippen LogP contribution in [0.1, 0.15) is 17.2 Å². The second kappa shape index (κ2) is 6.11. The Morgan fingerprint density at radius 1 is 1.30 bits per heavy atom. The van der Waals surface area contributed by atoms with Crippen LogP contribution in [0, 0.1) is 15.9 Å². The van der Waals surface area contributed by atoms with E-state index in [9.17, 15) is 14.5 Å². The zero-order chi connectivity index (χ0) is 14.7. The Morgan fingerprint density at radius 2 is 2.00 bits per heavy atom. The number of hydrogen-bond acceptors (Lipinski definition) is 3. The summed E-state index contributed by atoms with van der Waals surface area (Å²) in [6.45, 7) is 0. The SMILES string of the molecule is NC(Cc1ccccc1[N+](=O)[O-])c1cc(F)ccc1Br. The molecule has 2 N–H and O–H groups in total. The summed E-state index contributed by atoms with van der Waals surface area (Å²) in [5.74, 6) is -0.388. The summed E-state index contributed by atoms with van der Waals surface area (Å²) >= 11 is 3.31. The van der Waals surface area contributed by atoms with E-state index in [1.165, 1.54) is 18.2 Å². The molecule has 1 atom stereocenters. The fourth-order valence-electron chi connectivity index (χ4n) is 2.01. The van der Waals surface area contributed by atoms with Crippen LogP contribution in [-0.2, 0) is 6.42 Å². The molecule has 0 fully saturated rings. The Labute approximate surface area is 123 Å². The molecule has 0 bridgehead atoms. The van der Waals surface area contributed by atoms with Crippen LogP contribution < -0.4 is 5.73 Å². The third kappa shape index (κ3) is 3.20. The quantitative estimate of drug-likeness (QED) is 0.681. The second-order valence-corrected chi connectivity index (χ2v) is 5.22. The third-order valence-electron chi connectivity index (χ3n) is 2.99. The first-order valence-electron chi connectivity index (χ1n) is 5.92. The summed E-state index contributed by atoms with van der Waals surface area (Å²) in [4.78, 5) is 10.5. The molecule has 104 valence electrons. The number of rotatable bonds is 4. The molecule has 0 amide bonds. The topological polar surface area (TPSA) is 69.2 Å². The summed E-state index contributed by atoms with van der Waals surface area (Å²) < 4.78 is 14.0. The van der Waals surface area contributed by atoms with E-state index in [0.29, 0.717) is 15.6 Å². The van der Waals surface area contributed by atoms with Crippen LogP contribution in [0.2, 0.25) is 0 Å². The van der Waals surface area contributed by atoms with Gasteiger partial charge in [0.15, 0.2) is 0 Å². The summed E-state index contributed by atoms with van der Waals surface area (Å²) in [6, 6.07) is 10.1. The first-order valence-corrected chi connectivity index (χ1v) is 6.71. The van der Waals surface area contributed by atoms with E-state index in [1.807, 2.05) is 0 Å². The maximum atomic E-state index is 13.3. The van der Waals surface area contributed by atoms with Crippen molar-refractivity contribution < 1.29 is 9.31 Å². The molecule has 0 aliphatic carbocycles. The zero-order valence-electron chi connectivity index (χ0n) is 10.4. The predicted molar refractivity (Wildman–Crippen MR) is 77.8 cm³/mol. The van der Waals surface area contributed by atoms with E-state index in [-0.39, 0.29) is 17.9 Å². The molecule has 0 aliphatic rings. The van der Waals surface area contributed by atoms with E-state index < -0.39 is 11.0 Å².